The van der Waals surface area contributed by atoms with Crippen LogP contribution in [0.5, 0.6) is 0 Å². The standard InChI is InChI=1S/C21H27N5O3S/c1-14(27)24-13-25-19(28)18(26-20(29)21(22)6-8-23-9-7-21)11-16-12-30-17-5-3-2-4-15(16)10-17/h2-5,12,18,23H,6-9,11,13,22H2,1H3,(H,24,27)(H,25,28)(H,26,29)/t18-/m1/s1. The quantitative estimate of drug-likeness (QED) is 0.293. The number of hydrogen-bond donors (Lipinski definition) is 5. The van der Waals surface area contributed by atoms with Crippen LogP contribution in [-0.4, -0.2) is 49.1 Å². The number of carbonyl (C=O) groups is 3. The van der Waals surface area contributed by atoms with E-state index in [0.717, 1.165) is 16.1 Å². The number of carbonyl (C=O) groups excluding carboxylic acids is 3. The molecule has 0 unspecified atom stereocenters. The zero-order chi connectivity index (χ0) is 21.6. The summed E-state index contributed by atoms with van der Waals surface area (Å²) >= 11 is 1.52. The molecule has 9 heteroatoms. The van der Waals surface area contributed by atoms with Crippen LogP contribution in [-0.2, 0) is 14.4 Å². The van der Waals surface area contributed by atoms with Gasteiger partial charge in [-0.05, 0) is 49.1 Å². The van der Waals surface area contributed by atoms with E-state index in [-0.39, 0.29) is 24.4 Å². The Morgan fingerprint density at radius 3 is 2.70 bits per heavy atom. The summed E-state index contributed by atoms with van der Waals surface area (Å²) < 4.78 is 0. The third-order valence-electron chi connectivity index (χ3n) is 5.15. The van der Waals surface area contributed by atoms with E-state index in [1.165, 1.54) is 18.7 Å². The highest BCUT2D eigenvalue weighted by atomic mass is 32.2. The van der Waals surface area contributed by atoms with E-state index in [2.05, 4.69) is 27.0 Å². The molecule has 160 valence electrons. The zero-order valence-corrected chi connectivity index (χ0v) is 17.7. The van der Waals surface area contributed by atoms with E-state index in [1.807, 2.05) is 29.7 Å². The van der Waals surface area contributed by atoms with Gasteiger partial charge in [0.25, 0.3) is 0 Å². The van der Waals surface area contributed by atoms with Crippen LogP contribution < -0.4 is 27.0 Å². The minimum Gasteiger partial charge on any atom is -0.342 e. The summed E-state index contributed by atoms with van der Waals surface area (Å²) in [6.45, 7) is 2.67. The summed E-state index contributed by atoms with van der Waals surface area (Å²) in [6.07, 6.45) is 9.05. The average molecular weight is 430 g/mol. The summed E-state index contributed by atoms with van der Waals surface area (Å²) in [5.74, 6) is -0.973. The lowest BCUT2D eigenvalue weighted by atomic mass is 9.88. The lowest BCUT2D eigenvalue weighted by Gasteiger charge is -2.34. The van der Waals surface area contributed by atoms with E-state index in [1.54, 1.807) is 0 Å². The molecule has 2 aliphatic heterocycles. The number of rotatable bonds is 7. The summed E-state index contributed by atoms with van der Waals surface area (Å²) in [5, 5.41) is 13.2. The SMILES string of the molecule is CC(=O)NCNC(=O)[C@@H](CC1=CSC2=C=C1C=CC=C2)NC(=O)C1(N)CCNCC1. The van der Waals surface area contributed by atoms with E-state index in [0.29, 0.717) is 32.4 Å². The first-order valence-electron chi connectivity index (χ1n) is 9.92. The van der Waals surface area contributed by atoms with Crippen LogP contribution in [0.25, 0.3) is 0 Å². The van der Waals surface area contributed by atoms with Crippen molar-refractivity contribution >= 4 is 29.5 Å². The molecule has 0 aromatic carbocycles. The van der Waals surface area contributed by atoms with Gasteiger partial charge in [0.2, 0.25) is 17.7 Å². The predicted molar refractivity (Wildman–Crippen MR) is 117 cm³/mol. The van der Waals surface area contributed by atoms with E-state index in [9.17, 15) is 14.4 Å². The molecule has 0 saturated carbocycles. The maximum absolute atomic E-state index is 12.9. The predicted octanol–water partition coefficient (Wildman–Crippen LogP) is 0.318. The molecule has 1 atom stereocenters. The second-order valence-electron chi connectivity index (χ2n) is 7.47. The van der Waals surface area contributed by atoms with Gasteiger partial charge < -0.3 is 27.0 Å². The van der Waals surface area contributed by atoms with Crippen molar-refractivity contribution in [3.05, 3.63) is 51.5 Å². The normalized spacial score (nSPS) is 20.1. The Morgan fingerprint density at radius 1 is 1.23 bits per heavy atom. The molecule has 1 aliphatic carbocycles. The summed E-state index contributed by atoms with van der Waals surface area (Å²) in [7, 11) is 0. The van der Waals surface area contributed by atoms with Crippen LogP contribution in [0.4, 0.5) is 0 Å². The van der Waals surface area contributed by atoms with Gasteiger partial charge in [-0.1, -0.05) is 29.6 Å². The van der Waals surface area contributed by atoms with Crippen molar-refractivity contribution < 1.29 is 14.4 Å². The fourth-order valence-electron chi connectivity index (χ4n) is 3.33. The minimum absolute atomic E-state index is 0.0113. The number of piperidine rings is 1. The van der Waals surface area contributed by atoms with Gasteiger partial charge in [0.05, 0.1) is 17.1 Å². The van der Waals surface area contributed by atoms with Gasteiger partial charge in [-0.2, -0.15) is 0 Å². The lowest BCUT2D eigenvalue weighted by Crippen LogP contribution is -2.62. The highest BCUT2D eigenvalue weighted by molar-refractivity contribution is 8.06. The number of allylic oxidation sites excluding steroid dienone is 4. The van der Waals surface area contributed by atoms with Gasteiger partial charge in [0.1, 0.15) is 6.04 Å². The average Bonchev–Trinajstić information content (AvgIpc) is 2.91. The number of thioether (sulfide) groups is 1. The molecule has 0 spiro atoms. The summed E-state index contributed by atoms with van der Waals surface area (Å²) in [5.41, 5.74) is 10.4. The highest BCUT2D eigenvalue weighted by Gasteiger charge is 2.37. The van der Waals surface area contributed by atoms with E-state index < -0.39 is 11.6 Å². The summed E-state index contributed by atoms with van der Waals surface area (Å²) in [6, 6.07) is -0.825. The Bertz CT molecular complexity index is 877. The third-order valence-corrected chi connectivity index (χ3v) is 6.04. The number of nitrogens with two attached hydrogens (primary N) is 1. The largest absolute Gasteiger partial charge is 0.342 e. The molecule has 6 N–H and O–H groups in total. The molecule has 3 amide bonds. The van der Waals surface area contributed by atoms with Gasteiger partial charge >= 0.3 is 0 Å². The van der Waals surface area contributed by atoms with Crippen LogP contribution in [0.15, 0.2) is 51.5 Å². The molecule has 0 aromatic heterocycles. The summed E-state index contributed by atoms with van der Waals surface area (Å²) in [4.78, 5) is 37.9. The molecule has 0 radical (unpaired) electrons. The molecular formula is C21H27N5O3S. The van der Waals surface area contributed by atoms with Gasteiger partial charge in [-0.3, -0.25) is 14.4 Å². The number of nitrogens with one attached hydrogen (secondary N) is 4. The number of amides is 3. The molecule has 1 saturated heterocycles. The molecular weight excluding hydrogens is 402 g/mol. The van der Waals surface area contributed by atoms with Crippen molar-refractivity contribution in [2.45, 2.75) is 37.8 Å². The maximum atomic E-state index is 12.9. The first-order chi connectivity index (χ1) is 14.4. The molecule has 1 fully saturated rings. The zero-order valence-electron chi connectivity index (χ0n) is 16.9. The second kappa shape index (κ2) is 9.95. The van der Waals surface area contributed by atoms with Crippen LogP contribution in [0, 0.1) is 0 Å². The van der Waals surface area contributed by atoms with Gasteiger partial charge in [-0.15, -0.1) is 0 Å². The van der Waals surface area contributed by atoms with Gasteiger partial charge in [0.15, 0.2) is 0 Å². The fourth-order valence-corrected chi connectivity index (χ4v) is 4.15. The minimum atomic E-state index is -1.00. The van der Waals surface area contributed by atoms with Crippen molar-refractivity contribution in [1.29, 1.82) is 0 Å². The first-order valence-corrected chi connectivity index (χ1v) is 10.8. The highest BCUT2D eigenvalue weighted by Crippen LogP contribution is 2.32. The Labute approximate surface area is 180 Å². The molecule has 30 heavy (non-hydrogen) atoms. The van der Waals surface area contributed by atoms with Gasteiger partial charge in [-0.25, -0.2) is 0 Å². The van der Waals surface area contributed by atoms with Crippen LogP contribution in [0.1, 0.15) is 26.2 Å². The second-order valence-corrected chi connectivity index (χ2v) is 8.38. The Balaban J connectivity index is 1.74. The van der Waals surface area contributed by atoms with Crippen molar-refractivity contribution in [2.75, 3.05) is 19.8 Å². The van der Waals surface area contributed by atoms with Crippen LogP contribution >= 0.6 is 11.8 Å². The fraction of sp³-hybridized carbons (Fsp3) is 0.429. The smallest absolute Gasteiger partial charge is 0.244 e. The third kappa shape index (κ3) is 5.73. The molecule has 0 aromatic rings. The van der Waals surface area contributed by atoms with Crippen LogP contribution in [0.2, 0.25) is 0 Å². The molecule has 3 aliphatic rings. The maximum Gasteiger partial charge on any atom is 0.244 e. The molecule has 2 heterocycles. The van der Waals surface area contributed by atoms with Crippen molar-refractivity contribution in [3.8, 4) is 0 Å². The lowest BCUT2D eigenvalue weighted by molar-refractivity contribution is -0.132. The Hall–Kier alpha value is -2.58. The molecule has 8 nitrogen and oxygen atoms in total. The van der Waals surface area contributed by atoms with Gasteiger partial charge in [0, 0.05) is 18.9 Å². The van der Waals surface area contributed by atoms with E-state index >= 15 is 0 Å². The monoisotopic (exact) mass is 429 g/mol. The van der Waals surface area contributed by atoms with Crippen LogP contribution in [0.3, 0.4) is 0 Å². The molecule has 2 bridgehead atoms. The molecule has 3 rings (SSSR count). The first kappa shape index (κ1) is 22.1. The Morgan fingerprint density at radius 2 is 1.97 bits per heavy atom. The van der Waals surface area contributed by atoms with Crippen molar-refractivity contribution in [3.63, 3.8) is 0 Å². The van der Waals surface area contributed by atoms with E-state index in [4.69, 9.17) is 5.73 Å². The van der Waals surface area contributed by atoms with Crippen molar-refractivity contribution in [1.82, 2.24) is 21.3 Å². The number of hydrogen-bond acceptors (Lipinski definition) is 6. The topological polar surface area (TPSA) is 125 Å². The Kier molecular flexibility index (Phi) is 7.33. The van der Waals surface area contributed by atoms with Crippen molar-refractivity contribution in [2.24, 2.45) is 5.73 Å².